The van der Waals surface area contributed by atoms with Gasteiger partial charge in [-0.25, -0.2) is 24.3 Å². The van der Waals surface area contributed by atoms with Crippen molar-refractivity contribution in [1.82, 2.24) is 0 Å². The minimum Gasteiger partial charge on any atom is -0.214 e. The van der Waals surface area contributed by atoms with E-state index in [4.69, 9.17) is 0 Å². The molecule has 0 bridgehead atoms. The molecule has 0 fully saturated rings. The summed E-state index contributed by atoms with van der Waals surface area (Å²) in [6.45, 7) is 3.68. The molecule has 1 aliphatic carbocycles. The van der Waals surface area contributed by atoms with Crippen molar-refractivity contribution >= 4 is 0 Å². The molecule has 0 nitrogen and oxygen atoms in total. The normalized spacial score (nSPS) is 10.7. The molecule has 0 aromatic heterocycles. The Morgan fingerprint density at radius 1 is 0.706 bits per heavy atom. The molecule has 0 saturated carbocycles. The van der Waals surface area contributed by atoms with Crippen LogP contribution >= 0.6 is 0 Å². The molecule has 1 aliphatic rings. The first-order valence-corrected chi connectivity index (χ1v) is 5.26. The molecule has 0 amide bonds. The molecule has 0 N–H and O–H groups in total. The SMILES string of the molecule is C=C1C=CC=C1.[Ti+2].c1cc[cH-]c1.c1cc[cH-]c1. The van der Waals surface area contributed by atoms with Crippen molar-refractivity contribution in [3.63, 3.8) is 0 Å². The van der Waals surface area contributed by atoms with E-state index in [-0.39, 0.29) is 21.7 Å². The van der Waals surface area contributed by atoms with E-state index in [1.54, 1.807) is 0 Å². The van der Waals surface area contributed by atoms with Crippen molar-refractivity contribution < 1.29 is 21.7 Å². The van der Waals surface area contributed by atoms with Crippen LogP contribution in [-0.4, -0.2) is 0 Å². The summed E-state index contributed by atoms with van der Waals surface area (Å²) in [5.41, 5.74) is 1.09. The van der Waals surface area contributed by atoms with Gasteiger partial charge >= 0.3 is 21.7 Å². The van der Waals surface area contributed by atoms with Gasteiger partial charge in [-0.2, -0.15) is 36.4 Å². The third-order valence-electron chi connectivity index (χ3n) is 1.84. The number of hydrogen-bond donors (Lipinski definition) is 0. The first-order valence-electron chi connectivity index (χ1n) is 5.26. The topological polar surface area (TPSA) is 0 Å². The Bertz CT molecular complexity index is 328. The summed E-state index contributed by atoms with van der Waals surface area (Å²) in [5.74, 6) is 0. The van der Waals surface area contributed by atoms with E-state index in [9.17, 15) is 0 Å². The van der Waals surface area contributed by atoms with Crippen LogP contribution in [0.3, 0.4) is 0 Å². The zero-order valence-electron chi connectivity index (χ0n) is 9.79. The zero-order chi connectivity index (χ0) is 11.5. The Morgan fingerprint density at radius 2 is 1.06 bits per heavy atom. The molecule has 3 rings (SSSR count). The largest absolute Gasteiger partial charge is 2.00 e. The second kappa shape index (κ2) is 11.1. The molecule has 0 saturated heterocycles. The maximum Gasteiger partial charge on any atom is 2.00 e. The molecule has 2 aromatic rings. The third-order valence-corrected chi connectivity index (χ3v) is 1.84. The predicted octanol–water partition coefficient (Wildman–Crippen LogP) is 4.48. The summed E-state index contributed by atoms with van der Waals surface area (Å²) in [5, 5.41) is 0. The van der Waals surface area contributed by atoms with E-state index in [1.165, 1.54) is 0 Å². The Labute approximate surface area is 119 Å². The van der Waals surface area contributed by atoms with Crippen LogP contribution in [0.1, 0.15) is 0 Å². The van der Waals surface area contributed by atoms with Gasteiger partial charge in [0.05, 0.1) is 0 Å². The van der Waals surface area contributed by atoms with Gasteiger partial charge in [0.1, 0.15) is 0 Å². The molecule has 0 unspecified atom stereocenters. The van der Waals surface area contributed by atoms with Crippen molar-refractivity contribution in [2.75, 3.05) is 0 Å². The minimum atomic E-state index is 0. The molecular weight excluding hydrogens is 240 g/mol. The fourth-order valence-corrected chi connectivity index (χ4v) is 1.06. The van der Waals surface area contributed by atoms with E-state index >= 15 is 0 Å². The Hall–Kier alpha value is -1.37. The quantitative estimate of drug-likeness (QED) is 0.481. The molecule has 2 aromatic carbocycles. The van der Waals surface area contributed by atoms with Gasteiger partial charge in [0.15, 0.2) is 0 Å². The van der Waals surface area contributed by atoms with E-state index in [0.717, 1.165) is 5.57 Å². The smallest absolute Gasteiger partial charge is 0.214 e. The molecule has 0 atom stereocenters. The molecule has 0 aliphatic heterocycles. The standard InChI is InChI=1S/C6H6.2C5H5.Ti/c1-6-4-2-3-5-6;2*1-2-4-5-3-1;/h2-5H,1H2;2*1-5H;/q;2*-1;+2. The van der Waals surface area contributed by atoms with E-state index in [0.29, 0.717) is 0 Å². The van der Waals surface area contributed by atoms with Gasteiger partial charge in [-0.3, -0.25) is 0 Å². The van der Waals surface area contributed by atoms with E-state index < -0.39 is 0 Å². The zero-order valence-corrected chi connectivity index (χ0v) is 11.4. The van der Waals surface area contributed by atoms with Crippen molar-refractivity contribution in [2.24, 2.45) is 0 Å². The van der Waals surface area contributed by atoms with Crippen LogP contribution in [0.15, 0.2) is 97.1 Å². The van der Waals surface area contributed by atoms with Gasteiger partial charge < -0.3 is 0 Å². The first kappa shape index (κ1) is 15.6. The summed E-state index contributed by atoms with van der Waals surface area (Å²) >= 11 is 0. The van der Waals surface area contributed by atoms with Crippen molar-refractivity contribution in [3.05, 3.63) is 97.1 Å². The van der Waals surface area contributed by atoms with Gasteiger partial charge in [0.25, 0.3) is 0 Å². The van der Waals surface area contributed by atoms with Gasteiger partial charge in [0, 0.05) is 0 Å². The predicted molar refractivity (Wildman–Crippen MR) is 71.5 cm³/mol. The van der Waals surface area contributed by atoms with Crippen LogP contribution in [0.4, 0.5) is 0 Å². The van der Waals surface area contributed by atoms with Gasteiger partial charge in [0.2, 0.25) is 0 Å². The molecular formula is C16H16Ti. The van der Waals surface area contributed by atoms with Crippen LogP contribution in [0.2, 0.25) is 0 Å². The molecule has 0 heterocycles. The van der Waals surface area contributed by atoms with E-state index in [1.807, 2.05) is 85.0 Å². The summed E-state index contributed by atoms with van der Waals surface area (Å²) in [6.07, 6.45) is 7.89. The molecule has 0 spiro atoms. The average Bonchev–Trinajstić information content (AvgIpc) is 3.07. The van der Waals surface area contributed by atoms with Crippen molar-refractivity contribution in [2.45, 2.75) is 0 Å². The monoisotopic (exact) mass is 256 g/mol. The summed E-state index contributed by atoms with van der Waals surface area (Å²) in [6, 6.07) is 20.0. The van der Waals surface area contributed by atoms with Crippen LogP contribution < -0.4 is 0 Å². The maximum absolute atomic E-state index is 3.68. The van der Waals surface area contributed by atoms with Crippen molar-refractivity contribution in [3.8, 4) is 0 Å². The Kier molecular flexibility index (Phi) is 10.2. The second-order valence-electron chi connectivity index (χ2n) is 3.22. The summed E-state index contributed by atoms with van der Waals surface area (Å²) in [7, 11) is 0. The molecule has 84 valence electrons. The Balaban J connectivity index is 0.000000221. The third kappa shape index (κ3) is 9.56. The average molecular weight is 256 g/mol. The number of allylic oxidation sites excluding steroid dienone is 5. The number of rotatable bonds is 0. The van der Waals surface area contributed by atoms with Gasteiger partial charge in [-0.15, -0.1) is 0 Å². The second-order valence-corrected chi connectivity index (χ2v) is 3.22. The fraction of sp³-hybridized carbons (Fsp3) is 0. The minimum absolute atomic E-state index is 0. The van der Waals surface area contributed by atoms with E-state index in [2.05, 4.69) is 6.58 Å². The maximum atomic E-state index is 3.68. The van der Waals surface area contributed by atoms with Crippen molar-refractivity contribution in [1.29, 1.82) is 0 Å². The van der Waals surface area contributed by atoms with Crippen LogP contribution in [-0.2, 0) is 21.7 Å². The van der Waals surface area contributed by atoms with Crippen LogP contribution in [0.5, 0.6) is 0 Å². The molecule has 0 radical (unpaired) electrons. The molecule has 1 heteroatoms. The van der Waals surface area contributed by atoms with Gasteiger partial charge in [-0.1, -0.05) is 30.9 Å². The Morgan fingerprint density at radius 3 is 1.18 bits per heavy atom. The summed E-state index contributed by atoms with van der Waals surface area (Å²) in [4.78, 5) is 0. The number of hydrogen-bond acceptors (Lipinski definition) is 0. The fourth-order valence-electron chi connectivity index (χ4n) is 1.06. The van der Waals surface area contributed by atoms with Crippen LogP contribution in [0, 0.1) is 0 Å². The molecule has 17 heavy (non-hydrogen) atoms. The van der Waals surface area contributed by atoms with Crippen LogP contribution in [0.25, 0.3) is 0 Å². The van der Waals surface area contributed by atoms with Gasteiger partial charge in [-0.05, 0) is 5.57 Å². The summed E-state index contributed by atoms with van der Waals surface area (Å²) < 4.78 is 0. The first-order chi connectivity index (χ1) is 7.89.